The van der Waals surface area contributed by atoms with E-state index in [4.69, 9.17) is 0 Å². The lowest BCUT2D eigenvalue weighted by Gasteiger charge is -2.29. The van der Waals surface area contributed by atoms with Crippen molar-refractivity contribution in [2.24, 2.45) is 7.05 Å². The molecule has 0 saturated heterocycles. The molecule has 0 fully saturated rings. The topological polar surface area (TPSA) is 78.7 Å². The van der Waals surface area contributed by atoms with Crippen LogP contribution in [0.4, 0.5) is 5.69 Å². The molecule has 1 aliphatic rings. The highest BCUT2D eigenvalue weighted by molar-refractivity contribution is 5.94. The molecule has 1 N–H and O–H groups in total. The van der Waals surface area contributed by atoms with E-state index in [1.165, 1.54) is 4.90 Å². The maximum Gasteiger partial charge on any atom is 0.356 e. The van der Waals surface area contributed by atoms with Crippen molar-refractivity contribution in [1.29, 1.82) is 0 Å². The summed E-state index contributed by atoms with van der Waals surface area (Å²) in [6.45, 7) is 1.29. The first kappa shape index (κ1) is 16.0. The highest BCUT2D eigenvalue weighted by Gasteiger charge is 2.27. The van der Waals surface area contributed by atoms with Gasteiger partial charge < -0.3 is 14.9 Å². The number of aryl methyl sites for hydroxylation is 1. The summed E-state index contributed by atoms with van der Waals surface area (Å²) >= 11 is 0. The van der Waals surface area contributed by atoms with Crippen LogP contribution in [-0.4, -0.2) is 52.3 Å². The second kappa shape index (κ2) is 5.99. The van der Waals surface area contributed by atoms with Crippen LogP contribution in [0.15, 0.2) is 24.3 Å². The van der Waals surface area contributed by atoms with Gasteiger partial charge in [0.05, 0.1) is 0 Å². The average Bonchev–Trinajstić information content (AvgIpc) is 2.91. The van der Waals surface area contributed by atoms with Crippen molar-refractivity contribution in [2.45, 2.75) is 13.0 Å². The van der Waals surface area contributed by atoms with E-state index in [1.807, 2.05) is 12.1 Å². The molecule has 1 aromatic heterocycles. The third-order valence-corrected chi connectivity index (χ3v) is 4.33. The monoisotopic (exact) mass is 328 g/mol. The summed E-state index contributed by atoms with van der Waals surface area (Å²) in [7, 11) is 5.22. The number of rotatable bonds is 3. The van der Waals surface area contributed by atoms with E-state index in [1.54, 1.807) is 38.0 Å². The van der Waals surface area contributed by atoms with Crippen molar-refractivity contribution in [3.8, 4) is 0 Å². The van der Waals surface area contributed by atoms with Gasteiger partial charge in [-0.25, -0.2) is 4.79 Å². The third kappa shape index (κ3) is 2.73. The quantitative estimate of drug-likeness (QED) is 0.921. The summed E-state index contributed by atoms with van der Waals surface area (Å²) in [5, 5.41) is 13.4. The molecule has 2 heterocycles. The SMILES string of the molecule is CN(C)C(=O)c1ccc(N2CCc3c(c(C(=O)O)nn3C)C2)cc1. The summed E-state index contributed by atoms with van der Waals surface area (Å²) in [6, 6.07) is 7.40. The summed E-state index contributed by atoms with van der Waals surface area (Å²) in [5.41, 5.74) is 3.47. The number of hydrogen-bond acceptors (Lipinski definition) is 4. The van der Waals surface area contributed by atoms with Crippen molar-refractivity contribution in [1.82, 2.24) is 14.7 Å². The van der Waals surface area contributed by atoms with Crippen LogP contribution in [0.25, 0.3) is 0 Å². The second-order valence-corrected chi connectivity index (χ2v) is 6.12. The predicted molar refractivity (Wildman–Crippen MR) is 89.4 cm³/mol. The van der Waals surface area contributed by atoms with Gasteiger partial charge in [-0.05, 0) is 24.3 Å². The minimum absolute atomic E-state index is 0.0390. The van der Waals surface area contributed by atoms with Crippen LogP contribution in [0.5, 0.6) is 0 Å². The Hall–Kier alpha value is -2.83. The Bertz CT molecular complexity index is 793. The van der Waals surface area contributed by atoms with Crippen LogP contribution in [0.2, 0.25) is 0 Å². The average molecular weight is 328 g/mol. The number of nitrogens with zero attached hydrogens (tertiary/aromatic N) is 4. The first-order chi connectivity index (χ1) is 11.4. The van der Waals surface area contributed by atoms with E-state index in [0.717, 1.165) is 29.9 Å². The molecule has 0 unspecified atom stereocenters. The molecule has 0 radical (unpaired) electrons. The zero-order valence-corrected chi connectivity index (χ0v) is 14.0. The summed E-state index contributed by atoms with van der Waals surface area (Å²) in [4.78, 5) is 27.0. The zero-order chi connectivity index (χ0) is 17.4. The van der Waals surface area contributed by atoms with Gasteiger partial charge in [-0.3, -0.25) is 9.48 Å². The minimum Gasteiger partial charge on any atom is -0.476 e. The van der Waals surface area contributed by atoms with Crippen LogP contribution >= 0.6 is 0 Å². The molecule has 1 amide bonds. The van der Waals surface area contributed by atoms with Crippen molar-refractivity contribution < 1.29 is 14.7 Å². The van der Waals surface area contributed by atoms with Crippen LogP contribution < -0.4 is 4.90 Å². The number of anilines is 1. The molecule has 0 atom stereocenters. The van der Waals surface area contributed by atoms with Crippen molar-refractivity contribution >= 4 is 17.6 Å². The second-order valence-electron chi connectivity index (χ2n) is 6.12. The van der Waals surface area contributed by atoms with E-state index >= 15 is 0 Å². The lowest BCUT2D eigenvalue weighted by Crippen LogP contribution is -2.31. The number of carboxylic acid groups (broad SMARTS) is 1. The molecular formula is C17H20N4O3. The van der Waals surface area contributed by atoms with E-state index in [0.29, 0.717) is 12.1 Å². The fraction of sp³-hybridized carbons (Fsp3) is 0.353. The molecule has 0 saturated carbocycles. The van der Waals surface area contributed by atoms with Gasteiger partial charge in [-0.1, -0.05) is 0 Å². The molecule has 126 valence electrons. The largest absolute Gasteiger partial charge is 0.476 e. The Labute approximate surface area is 140 Å². The van der Waals surface area contributed by atoms with E-state index < -0.39 is 5.97 Å². The van der Waals surface area contributed by atoms with Crippen molar-refractivity contribution in [3.63, 3.8) is 0 Å². The molecular weight excluding hydrogens is 308 g/mol. The van der Waals surface area contributed by atoms with Crippen molar-refractivity contribution in [3.05, 3.63) is 46.8 Å². The summed E-state index contributed by atoms with van der Waals surface area (Å²) in [6.07, 6.45) is 0.741. The van der Waals surface area contributed by atoms with Gasteiger partial charge in [-0.2, -0.15) is 5.10 Å². The Kier molecular flexibility index (Phi) is 4.01. The number of benzene rings is 1. The Balaban J connectivity index is 1.85. The number of carboxylic acids is 1. The molecule has 3 rings (SSSR count). The van der Waals surface area contributed by atoms with E-state index in [9.17, 15) is 14.7 Å². The number of carbonyl (C=O) groups is 2. The first-order valence-corrected chi connectivity index (χ1v) is 7.73. The number of amides is 1. The summed E-state index contributed by atoms with van der Waals surface area (Å²) in [5.74, 6) is -1.04. The van der Waals surface area contributed by atoms with Crippen LogP contribution in [0.3, 0.4) is 0 Å². The first-order valence-electron chi connectivity index (χ1n) is 7.73. The molecule has 7 nitrogen and oxygen atoms in total. The van der Waals surface area contributed by atoms with Crippen LogP contribution in [-0.2, 0) is 20.0 Å². The lowest BCUT2D eigenvalue weighted by atomic mass is 10.0. The Morgan fingerprint density at radius 2 is 1.88 bits per heavy atom. The Morgan fingerprint density at radius 3 is 2.46 bits per heavy atom. The van der Waals surface area contributed by atoms with Gasteiger partial charge in [0, 0.05) is 63.2 Å². The van der Waals surface area contributed by atoms with E-state index in [-0.39, 0.29) is 11.6 Å². The zero-order valence-electron chi connectivity index (χ0n) is 14.0. The van der Waals surface area contributed by atoms with Gasteiger partial charge in [-0.15, -0.1) is 0 Å². The number of carbonyl (C=O) groups excluding carboxylic acids is 1. The fourth-order valence-corrected chi connectivity index (χ4v) is 3.06. The maximum absolute atomic E-state index is 12.0. The highest BCUT2D eigenvalue weighted by atomic mass is 16.4. The minimum atomic E-state index is -0.999. The molecule has 2 aromatic rings. The molecule has 1 aromatic carbocycles. The van der Waals surface area contributed by atoms with Crippen LogP contribution in [0.1, 0.15) is 32.1 Å². The van der Waals surface area contributed by atoms with Gasteiger partial charge in [0.1, 0.15) is 0 Å². The highest BCUT2D eigenvalue weighted by Crippen LogP contribution is 2.27. The molecule has 1 aliphatic heterocycles. The normalized spacial score (nSPS) is 13.5. The molecule has 0 aliphatic carbocycles. The Morgan fingerprint density at radius 1 is 1.21 bits per heavy atom. The fourth-order valence-electron chi connectivity index (χ4n) is 3.06. The number of hydrogen-bond donors (Lipinski definition) is 1. The molecule has 7 heteroatoms. The summed E-state index contributed by atoms with van der Waals surface area (Å²) < 4.78 is 1.66. The number of aromatic nitrogens is 2. The lowest BCUT2D eigenvalue weighted by molar-refractivity contribution is 0.0688. The smallest absolute Gasteiger partial charge is 0.356 e. The molecule has 24 heavy (non-hydrogen) atoms. The maximum atomic E-state index is 12.0. The van der Waals surface area contributed by atoms with Crippen LogP contribution in [0, 0.1) is 0 Å². The van der Waals surface area contributed by atoms with Gasteiger partial charge in [0.25, 0.3) is 5.91 Å². The number of aromatic carboxylic acids is 1. The standard InChI is InChI=1S/C17H20N4O3/c1-19(2)16(22)11-4-6-12(7-5-11)21-9-8-14-13(10-21)15(17(23)24)18-20(14)3/h4-7H,8-10H2,1-3H3,(H,23,24). The molecule has 0 spiro atoms. The van der Waals surface area contributed by atoms with Gasteiger partial charge >= 0.3 is 5.97 Å². The van der Waals surface area contributed by atoms with E-state index in [2.05, 4.69) is 10.00 Å². The number of fused-ring (bicyclic) bond motifs is 1. The third-order valence-electron chi connectivity index (χ3n) is 4.33. The van der Waals surface area contributed by atoms with Gasteiger partial charge in [0.2, 0.25) is 0 Å². The molecule has 0 bridgehead atoms. The van der Waals surface area contributed by atoms with Gasteiger partial charge in [0.15, 0.2) is 5.69 Å². The van der Waals surface area contributed by atoms with Crippen molar-refractivity contribution in [2.75, 3.05) is 25.5 Å². The predicted octanol–water partition coefficient (Wildman–Crippen LogP) is 1.38.